The molecule has 0 unspecified atom stereocenters. The van der Waals surface area contributed by atoms with Crippen LogP contribution in [0.4, 0.5) is 10.8 Å². The van der Waals surface area contributed by atoms with Crippen LogP contribution < -0.4 is 15.4 Å². The van der Waals surface area contributed by atoms with Gasteiger partial charge in [0.05, 0.1) is 31.3 Å². The molecule has 1 amide bonds. The maximum atomic E-state index is 12.6. The van der Waals surface area contributed by atoms with Gasteiger partial charge in [-0.25, -0.2) is 0 Å². The lowest BCUT2D eigenvalue weighted by Crippen LogP contribution is -2.59. The second-order valence-electron chi connectivity index (χ2n) is 8.38. The van der Waals surface area contributed by atoms with Crippen LogP contribution >= 0.6 is 23.1 Å². The molecule has 1 aromatic heterocycles. The van der Waals surface area contributed by atoms with E-state index in [4.69, 9.17) is 9.47 Å². The molecule has 0 spiro atoms. The summed E-state index contributed by atoms with van der Waals surface area (Å²) in [6.07, 6.45) is 6.05. The molecular weight excluding hydrogens is 458 g/mol. The van der Waals surface area contributed by atoms with Crippen molar-refractivity contribution in [1.82, 2.24) is 20.4 Å². The number of carbonyl (C=O) groups is 1. The van der Waals surface area contributed by atoms with E-state index in [1.807, 2.05) is 31.2 Å². The lowest BCUT2D eigenvalue weighted by Gasteiger charge is -2.48. The Morgan fingerprint density at radius 3 is 2.79 bits per heavy atom. The molecule has 2 N–H and O–H groups in total. The number of amides is 1. The summed E-state index contributed by atoms with van der Waals surface area (Å²) in [5, 5.41) is 15.6. The van der Waals surface area contributed by atoms with E-state index < -0.39 is 0 Å². The van der Waals surface area contributed by atoms with Gasteiger partial charge in [0.2, 0.25) is 11.0 Å². The van der Waals surface area contributed by atoms with Gasteiger partial charge in [-0.2, -0.15) is 0 Å². The predicted octanol–water partition coefficient (Wildman–Crippen LogP) is 3.92. The fraction of sp³-hybridized carbons (Fsp3) is 0.609. The summed E-state index contributed by atoms with van der Waals surface area (Å²) in [6, 6.07) is 7.75. The van der Waals surface area contributed by atoms with Crippen molar-refractivity contribution in [3.8, 4) is 5.75 Å². The second kappa shape index (κ2) is 12.0. The average Bonchev–Trinajstić information content (AvgIpc) is 3.31. The van der Waals surface area contributed by atoms with Crippen molar-refractivity contribution in [1.29, 1.82) is 0 Å². The number of hydrogen-bond donors (Lipinski definition) is 2. The second-order valence-corrected chi connectivity index (χ2v) is 10.6. The zero-order valence-corrected chi connectivity index (χ0v) is 20.8. The molecule has 4 rings (SSSR count). The summed E-state index contributed by atoms with van der Waals surface area (Å²) in [5.41, 5.74) is 0.932. The van der Waals surface area contributed by atoms with Crippen LogP contribution in [0.2, 0.25) is 0 Å². The monoisotopic (exact) mass is 491 g/mol. The Labute approximate surface area is 203 Å². The van der Waals surface area contributed by atoms with Crippen LogP contribution in [0.3, 0.4) is 0 Å². The molecule has 2 aliphatic rings. The SMILES string of the molecule is CCOc1ccccc1Nc1nnc(SCC(=O)NCC2(N3CCOCC3)CCCCC2)s1. The van der Waals surface area contributed by atoms with Crippen LogP contribution in [-0.4, -0.2) is 71.8 Å². The van der Waals surface area contributed by atoms with Crippen LogP contribution in [0.5, 0.6) is 5.75 Å². The fourth-order valence-electron chi connectivity index (χ4n) is 4.58. The maximum Gasteiger partial charge on any atom is 0.230 e. The molecule has 1 saturated carbocycles. The summed E-state index contributed by atoms with van der Waals surface area (Å²) < 4.78 is 12.0. The molecule has 1 aliphatic carbocycles. The maximum absolute atomic E-state index is 12.6. The van der Waals surface area contributed by atoms with Gasteiger partial charge in [0.15, 0.2) is 4.34 Å². The molecule has 33 heavy (non-hydrogen) atoms. The van der Waals surface area contributed by atoms with Gasteiger partial charge in [-0.1, -0.05) is 54.5 Å². The van der Waals surface area contributed by atoms with Crippen LogP contribution in [0, 0.1) is 0 Å². The molecule has 2 aromatic rings. The first kappa shape index (κ1) is 24.3. The van der Waals surface area contributed by atoms with Gasteiger partial charge >= 0.3 is 0 Å². The molecule has 180 valence electrons. The molecule has 1 aromatic carbocycles. The Kier molecular flexibility index (Phi) is 8.82. The zero-order valence-electron chi connectivity index (χ0n) is 19.2. The molecule has 1 saturated heterocycles. The number of nitrogens with zero attached hydrogens (tertiary/aromatic N) is 3. The Balaban J connectivity index is 1.27. The molecule has 1 aliphatic heterocycles. The van der Waals surface area contributed by atoms with Gasteiger partial charge in [0, 0.05) is 25.2 Å². The quantitative estimate of drug-likeness (QED) is 0.484. The molecule has 8 nitrogen and oxygen atoms in total. The topological polar surface area (TPSA) is 88.6 Å². The minimum atomic E-state index is 0.0459. The summed E-state index contributed by atoms with van der Waals surface area (Å²) >= 11 is 2.86. The number of carbonyl (C=O) groups excluding carboxylic acids is 1. The van der Waals surface area contributed by atoms with Gasteiger partial charge < -0.3 is 20.1 Å². The van der Waals surface area contributed by atoms with Gasteiger partial charge in [-0.15, -0.1) is 10.2 Å². The number of nitrogens with one attached hydrogen (secondary N) is 2. The molecule has 2 heterocycles. The third-order valence-corrected chi connectivity index (χ3v) is 8.21. The highest BCUT2D eigenvalue weighted by atomic mass is 32.2. The van der Waals surface area contributed by atoms with Gasteiger partial charge in [0.25, 0.3) is 0 Å². The number of benzene rings is 1. The molecule has 2 fully saturated rings. The minimum absolute atomic E-state index is 0.0459. The number of thioether (sulfide) groups is 1. The molecule has 0 bridgehead atoms. The van der Waals surface area contributed by atoms with Crippen molar-refractivity contribution >= 4 is 39.8 Å². The van der Waals surface area contributed by atoms with Crippen molar-refractivity contribution in [3.05, 3.63) is 24.3 Å². The van der Waals surface area contributed by atoms with Crippen molar-refractivity contribution in [3.63, 3.8) is 0 Å². The van der Waals surface area contributed by atoms with E-state index in [9.17, 15) is 4.79 Å². The van der Waals surface area contributed by atoms with E-state index in [1.54, 1.807) is 0 Å². The summed E-state index contributed by atoms with van der Waals surface area (Å²) in [4.78, 5) is 15.2. The first-order chi connectivity index (χ1) is 16.2. The van der Waals surface area contributed by atoms with E-state index in [0.717, 1.165) is 54.9 Å². The van der Waals surface area contributed by atoms with Crippen molar-refractivity contribution in [2.45, 2.75) is 48.9 Å². The highest BCUT2D eigenvalue weighted by Crippen LogP contribution is 2.34. The summed E-state index contributed by atoms with van der Waals surface area (Å²) in [6.45, 7) is 6.75. The number of hydrogen-bond acceptors (Lipinski definition) is 9. The van der Waals surface area contributed by atoms with Crippen LogP contribution in [0.15, 0.2) is 28.6 Å². The fourth-order valence-corrected chi connectivity index (χ4v) is 6.17. The molecular formula is C23H33N5O3S2. The smallest absolute Gasteiger partial charge is 0.230 e. The third kappa shape index (κ3) is 6.59. The Morgan fingerprint density at radius 2 is 2.00 bits per heavy atom. The van der Waals surface area contributed by atoms with E-state index in [2.05, 4.69) is 25.7 Å². The van der Waals surface area contributed by atoms with Crippen molar-refractivity contribution in [2.75, 3.05) is 50.5 Å². The van der Waals surface area contributed by atoms with Crippen molar-refractivity contribution in [2.24, 2.45) is 0 Å². The summed E-state index contributed by atoms with van der Waals surface area (Å²) in [5.74, 6) is 1.16. The first-order valence-electron chi connectivity index (χ1n) is 11.7. The Bertz CT molecular complexity index is 898. The summed E-state index contributed by atoms with van der Waals surface area (Å²) in [7, 11) is 0. The largest absolute Gasteiger partial charge is 0.492 e. The van der Waals surface area contributed by atoms with Crippen LogP contribution in [-0.2, 0) is 9.53 Å². The molecule has 0 atom stereocenters. The predicted molar refractivity (Wildman–Crippen MR) is 133 cm³/mol. The standard InChI is InChI=1S/C23H33N5O3S2/c1-2-31-19-9-5-4-8-18(19)25-21-26-27-22(33-21)32-16-20(29)24-17-23(10-6-3-7-11-23)28-12-14-30-15-13-28/h4-5,8-9H,2-3,6-7,10-17H2,1H3,(H,24,29)(H,25,26). The van der Waals surface area contributed by atoms with Gasteiger partial charge in [-0.05, 0) is 31.9 Å². The highest BCUT2D eigenvalue weighted by Gasteiger charge is 2.38. The Hall–Kier alpha value is -1.88. The number of para-hydroxylation sites is 2. The van der Waals surface area contributed by atoms with Gasteiger partial charge in [0.1, 0.15) is 5.75 Å². The number of rotatable bonds is 10. The van der Waals surface area contributed by atoms with E-state index in [0.29, 0.717) is 24.0 Å². The van der Waals surface area contributed by atoms with E-state index in [-0.39, 0.29) is 11.4 Å². The molecule has 0 radical (unpaired) electrons. The lowest BCUT2D eigenvalue weighted by atomic mass is 9.79. The number of ether oxygens (including phenoxy) is 2. The first-order valence-corrected chi connectivity index (χ1v) is 13.5. The normalized spacial score (nSPS) is 18.6. The minimum Gasteiger partial charge on any atom is -0.492 e. The number of morpholine rings is 1. The average molecular weight is 492 g/mol. The van der Waals surface area contributed by atoms with Crippen molar-refractivity contribution < 1.29 is 14.3 Å². The molecule has 10 heteroatoms. The van der Waals surface area contributed by atoms with Crippen LogP contribution in [0.1, 0.15) is 39.0 Å². The van der Waals surface area contributed by atoms with Crippen LogP contribution in [0.25, 0.3) is 0 Å². The Morgan fingerprint density at radius 1 is 1.21 bits per heavy atom. The lowest BCUT2D eigenvalue weighted by molar-refractivity contribution is -0.119. The number of aromatic nitrogens is 2. The number of anilines is 2. The van der Waals surface area contributed by atoms with E-state index >= 15 is 0 Å². The van der Waals surface area contributed by atoms with E-state index in [1.165, 1.54) is 42.4 Å². The highest BCUT2D eigenvalue weighted by molar-refractivity contribution is 8.01. The third-order valence-electron chi connectivity index (χ3n) is 6.24. The van der Waals surface area contributed by atoms with Gasteiger partial charge in [-0.3, -0.25) is 9.69 Å². The zero-order chi connectivity index (χ0) is 22.9.